The Hall–Kier alpha value is -0.530. The number of nitrogens with zero attached hydrogens (tertiary/aromatic N) is 1. The van der Waals surface area contributed by atoms with Crippen LogP contribution in [0.5, 0.6) is 0 Å². The summed E-state index contributed by atoms with van der Waals surface area (Å²) in [6, 6.07) is 4.93. The van der Waals surface area contributed by atoms with E-state index in [1.807, 2.05) is 6.07 Å². The van der Waals surface area contributed by atoms with Crippen molar-refractivity contribution in [2.45, 2.75) is 12.5 Å². The molecule has 2 N–H and O–H groups in total. The molecule has 1 aromatic carbocycles. The van der Waals surface area contributed by atoms with Gasteiger partial charge >= 0.3 is 0 Å². The van der Waals surface area contributed by atoms with E-state index in [2.05, 4.69) is 20.8 Å². The smallest absolute Gasteiger partial charge is 0.129 e. The molecular weight excluding hydrogens is 339 g/mol. The Morgan fingerprint density at radius 2 is 1.95 bits per heavy atom. The SMILES string of the molecule is COCCCN(CCOC)C(CN)c1ccc(Br)cc1F. The van der Waals surface area contributed by atoms with Crippen molar-refractivity contribution < 1.29 is 13.9 Å². The van der Waals surface area contributed by atoms with E-state index < -0.39 is 0 Å². The summed E-state index contributed by atoms with van der Waals surface area (Å²) in [5, 5.41) is 0. The lowest BCUT2D eigenvalue weighted by molar-refractivity contribution is 0.107. The zero-order chi connectivity index (χ0) is 15.7. The number of ether oxygens (including phenoxy) is 2. The summed E-state index contributed by atoms with van der Waals surface area (Å²) in [5.41, 5.74) is 6.52. The highest BCUT2D eigenvalue weighted by Crippen LogP contribution is 2.25. The number of rotatable bonds is 10. The third-order valence-corrected chi connectivity index (χ3v) is 3.86. The largest absolute Gasteiger partial charge is 0.385 e. The standard InChI is InChI=1S/C15H24BrFN2O2/c1-20-8-3-6-19(7-9-21-2)15(11-18)13-5-4-12(16)10-14(13)17/h4-5,10,15H,3,6-9,11,18H2,1-2H3. The normalized spacial score (nSPS) is 12.9. The molecule has 0 fully saturated rings. The molecule has 0 spiro atoms. The molecule has 0 bridgehead atoms. The lowest BCUT2D eigenvalue weighted by Gasteiger charge is -2.31. The van der Waals surface area contributed by atoms with E-state index in [1.54, 1.807) is 20.3 Å². The highest BCUT2D eigenvalue weighted by molar-refractivity contribution is 9.10. The fourth-order valence-electron chi connectivity index (χ4n) is 2.29. The van der Waals surface area contributed by atoms with Gasteiger partial charge in [-0.1, -0.05) is 22.0 Å². The van der Waals surface area contributed by atoms with Gasteiger partial charge in [0.05, 0.1) is 6.61 Å². The predicted molar refractivity (Wildman–Crippen MR) is 85.8 cm³/mol. The van der Waals surface area contributed by atoms with Crippen LogP contribution in [0, 0.1) is 5.82 Å². The molecule has 4 nitrogen and oxygen atoms in total. The van der Waals surface area contributed by atoms with Gasteiger partial charge in [0, 0.05) is 56.5 Å². The van der Waals surface area contributed by atoms with Crippen LogP contribution in [-0.2, 0) is 9.47 Å². The third kappa shape index (κ3) is 6.00. The number of halogens is 2. The lowest BCUT2D eigenvalue weighted by atomic mass is 10.0. The van der Waals surface area contributed by atoms with Crippen LogP contribution in [0.3, 0.4) is 0 Å². The molecule has 6 heteroatoms. The van der Waals surface area contributed by atoms with Crippen molar-refractivity contribution >= 4 is 15.9 Å². The second-order valence-corrected chi connectivity index (χ2v) is 5.71. The van der Waals surface area contributed by atoms with Crippen molar-refractivity contribution in [3.05, 3.63) is 34.1 Å². The van der Waals surface area contributed by atoms with E-state index in [-0.39, 0.29) is 11.9 Å². The van der Waals surface area contributed by atoms with Gasteiger partial charge in [-0.2, -0.15) is 0 Å². The quantitative estimate of drug-likeness (QED) is 0.649. The minimum atomic E-state index is -0.242. The summed E-state index contributed by atoms with van der Waals surface area (Å²) < 4.78 is 25.1. The Balaban J connectivity index is 2.87. The molecular formula is C15H24BrFN2O2. The topological polar surface area (TPSA) is 47.7 Å². The van der Waals surface area contributed by atoms with Gasteiger partial charge in [0.2, 0.25) is 0 Å². The minimum absolute atomic E-state index is 0.162. The van der Waals surface area contributed by atoms with Crippen LogP contribution in [0.2, 0.25) is 0 Å². The van der Waals surface area contributed by atoms with E-state index >= 15 is 0 Å². The average molecular weight is 363 g/mol. The Labute approximate surface area is 134 Å². The number of benzene rings is 1. The van der Waals surface area contributed by atoms with E-state index in [1.165, 1.54) is 6.07 Å². The molecule has 0 aromatic heterocycles. The summed E-state index contributed by atoms with van der Waals surface area (Å²) in [7, 11) is 3.33. The fourth-order valence-corrected chi connectivity index (χ4v) is 2.62. The summed E-state index contributed by atoms with van der Waals surface area (Å²) in [6.07, 6.45) is 0.870. The number of hydrogen-bond acceptors (Lipinski definition) is 4. The second-order valence-electron chi connectivity index (χ2n) is 4.79. The molecule has 0 amide bonds. The van der Waals surface area contributed by atoms with Crippen molar-refractivity contribution in [3.63, 3.8) is 0 Å². The Kier molecular flexibility index (Phi) is 9.03. The summed E-state index contributed by atoms with van der Waals surface area (Å²) >= 11 is 3.28. The number of hydrogen-bond donors (Lipinski definition) is 1. The van der Waals surface area contributed by atoms with Gasteiger partial charge < -0.3 is 15.2 Å². The molecule has 1 atom stereocenters. The summed E-state index contributed by atoms with van der Waals surface area (Å²) in [5.74, 6) is -0.242. The van der Waals surface area contributed by atoms with E-state index in [9.17, 15) is 4.39 Å². The maximum atomic E-state index is 14.2. The highest BCUT2D eigenvalue weighted by Gasteiger charge is 2.21. The van der Waals surface area contributed by atoms with Gasteiger partial charge in [0.25, 0.3) is 0 Å². The molecule has 0 saturated carbocycles. The first-order valence-corrected chi connectivity index (χ1v) is 7.80. The molecule has 21 heavy (non-hydrogen) atoms. The first-order chi connectivity index (χ1) is 10.1. The van der Waals surface area contributed by atoms with Crippen molar-refractivity contribution in [3.8, 4) is 0 Å². The van der Waals surface area contributed by atoms with Crippen LogP contribution >= 0.6 is 15.9 Å². The molecule has 0 aliphatic carbocycles. The van der Waals surface area contributed by atoms with E-state index in [0.717, 1.165) is 17.4 Å². The van der Waals surface area contributed by atoms with Gasteiger partial charge in [-0.05, 0) is 18.6 Å². The zero-order valence-electron chi connectivity index (χ0n) is 12.6. The summed E-state index contributed by atoms with van der Waals surface area (Å²) in [4.78, 5) is 2.15. The third-order valence-electron chi connectivity index (χ3n) is 3.36. The van der Waals surface area contributed by atoms with Crippen LogP contribution in [0.1, 0.15) is 18.0 Å². The van der Waals surface area contributed by atoms with Gasteiger partial charge in [-0.15, -0.1) is 0 Å². The fraction of sp³-hybridized carbons (Fsp3) is 0.600. The lowest BCUT2D eigenvalue weighted by Crippen LogP contribution is -2.37. The Morgan fingerprint density at radius 3 is 2.52 bits per heavy atom. The molecule has 1 unspecified atom stereocenters. The minimum Gasteiger partial charge on any atom is -0.385 e. The van der Waals surface area contributed by atoms with Crippen LogP contribution < -0.4 is 5.73 Å². The van der Waals surface area contributed by atoms with Gasteiger partial charge in [-0.3, -0.25) is 4.90 Å². The van der Waals surface area contributed by atoms with Crippen molar-refractivity contribution in [1.82, 2.24) is 4.90 Å². The zero-order valence-corrected chi connectivity index (χ0v) is 14.2. The molecule has 1 aromatic rings. The van der Waals surface area contributed by atoms with Gasteiger partial charge in [0.1, 0.15) is 5.82 Å². The van der Waals surface area contributed by atoms with Gasteiger partial charge in [0.15, 0.2) is 0 Å². The molecule has 0 radical (unpaired) electrons. The van der Waals surface area contributed by atoms with E-state index in [0.29, 0.717) is 31.9 Å². The molecule has 1 rings (SSSR count). The second kappa shape index (κ2) is 10.2. The first-order valence-electron chi connectivity index (χ1n) is 7.01. The maximum Gasteiger partial charge on any atom is 0.129 e. The molecule has 0 heterocycles. The molecule has 0 aliphatic rings. The monoisotopic (exact) mass is 362 g/mol. The van der Waals surface area contributed by atoms with Crippen LogP contribution in [0.15, 0.2) is 22.7 Å². The van der Waals surface area contributed by atoms with Crippen LogP contribution in [-0.4, -0.2) is 52.0 Å². The average Bonchev–Trinajstić information content (AvgIpc) is 2.46. The maximum absolute atomic E-state index is 14.2. The van der Waals surface area contributed by atoms with Crippen LogP contribution in [0.4, 0.5) is 4.39 Å². The highest BCUT2D eigenvalue weighted by atomic mass is 79.9. The van der Waals surface area contributed by atoms with Crippen LogP contribution in [0.25, 0.3) is 0 Å². The Bertz CT molecular complexity index is 421. The first kappa shape index (κ1) is 18.5. The summed E-state index contributed by atoms with van der Waals surface area (Å²) in [6.45, 7) is 3.10. The van der Waals surface area contributed by atoms with Crippen molar-refractivity contribution in [2.24, 2.45) is 5.73 Å². The van der Waals surface area contributed by atoms with Crippen molar-refractivity contribution in [2.75, 3.05) is 47.1 Å². The van der Waals surface area contributed by atoms with Crippen molar-refractivity contribution in [1.29, 1.82) is 0 Å². The molecule has 120 valence electrons. The predicted octanol–water partition coefficient (Wildman–Crippen LogP) is 2.57. The molecule has 0 aliphatic heterocycles. The number of nitrogens with two attached hydrogens (primary N) is 1. The van der Waals surface area contributed by atoms with Gasteiger partial charge in [-0.25, -0.2) is 4.39 Å². The molecule has 0 saturated heterocycles. The van der Waals surface area contributed by atoms with E-state index in [4.69, 9.17) is 15.2 Å². The number of methoxy groups -OCH3 is 2. The Morgan fingerprint density at radius 1 is 1.24 bits per heavy atom.